The van der Waals surface area contributed by atoms with E-state index in [0.29, 0.717) is 19.4 Å². The van der Waals surface area contributed by atoms with Gasteiger partial charge in [-0.25, -0.2) is 4.79 Å². The number of hydrogen-bond acceptors (Lipinski definition) is 4. The SMILES string of the molecule is CN(CCc1ccccn1)C(=O)[C@H](Cc1ccccc1)N(C)C(=O)OC(C)(C)C. The molecule has 0 saturated carbocycles. The Morgan fingerprint density at radius 3 is 2.28 bits per heavy atom. The van der Waals surface area contributed by atoms with Crippen LogP contribution in [0.3, 0.4) is 0 Å². The van der Waals surface area contributed by atoms with E-state index >= 15 is 0 Å². The lowest BCUT2D eigenvalue weighted by Gasteiger charge is -2.32. The molecule has 0 unspecified atom stereocenters. The van der Waals surface area contributed by atoms with Gasteiger partial charge in [-0.2, -0.15) is 0 Å². The van der Waals surface area contributed by atoms with E-state index in [1.54, 1.807) is 25.2 Å². The van der Waals surface area contributed by atoms with Gasteiger partial charge < -0.3 is 9.64 Å². The van der Waals surface area contributed by atoms with E-state index in [1.807, 2.05) is 69.3 Å². The third-order valence-corrected chi connectivity index (χ3v) is 4.51. The van der Waals surface area contributed by atoms with Gasteiger partial charge in [0, 0.05) is 45.4 Å². The summed E-state index contributed by atoms with van der Waals surface area (Å²) in [6, 6.07) is 14.8. The lowest BCUT2D eigenvalue weighted by molar-refractivity contribution is -0.135. The summed E-state index contributed by atoms with van der Waals surface area (Å²) in [7, 11) is 3.37. The molecule has 2 rings (SSSR count). The molecule has 6 nitrogen and oxygen atoms in total. The number of aromatic nitrogens is 1. The van der Waals surface area contributed by atoms with E-state index in [4.69, 9.17) is 4.74 Å². The van der Waals surface area contributed by atoms with Crippen LogP contribution in [0.1, 0.15) is 32.0 Å². The van der Waals surface area contributed by atoms with Gasteiger partial charge in [0.15, 0.2) is 0 Å². The van der Waals surface area contributed by atoms with E-state index in [1.165, 1.54) is 4.90 Å². The molecule has 1 aromatic heterocycles. The molecule has 1 heterocycles. The zero-order valence-electron chi connectivity index (χ0n) is 18.0. The topological polar surface area (TPSA) is 62.7 Å². The fraction of sp³-hybridized carbons (Fsp3) is 0.435. The number of pyridine rings is 1. The lowest BCUT2D eigenvalue weighted by atomic mass is 10.0. The molecule has 1 atom stereocenters. The molecule has 0 aliphatic heterocycles. The molecule has 156 valence electrons. The van der Waals surface area contributed by atoms with Crippen molar-refractivity contribution < 1.29 is 14.3 Å². The van der Waals surface area contributed by atoms with Crippen molar-refractivity contribution in [1.82, 2.24) is 14.8 Å². The average Bonchev–Trinajstić information content (AvgIpc) is 2.69. The highest BCUT2D eigenvalue weighted by Gasteiger charge is 2.32. The van der Waals surface area contributed by atoms with Crippen LogP contribution in [0.2, 0.25) is 0 Å². The largest absolute Gasteiger partial charge is 0.444 e. The first kappa shape index (κ1) is 22.4. The number of benzene rings is 1. The molecule has 0 aliphatic carbocycles. The summed E-state index contributed by atoms with van der Waals surface area (Å²) in [5.74, 6) is -0.127. The van der Waals surface area contributed by atoms with Crippen LogP contribution < -0.4 is 0 Å². The van der Waals surface area contributed by atoms with Gasteiger partial charge in [0.25, 0.3) is 0 Å². The molecule has 0 fully saturated rings. The molecular weight excluding hydrogens is 366 g/mol. The Kier molecular flexibility index (Phi) is 7.76. The molecule has 0 spiro atoms. The van der Waals surface area contributed by atoms with Crippen LogP contribution in [0, 0.1) is 0 Å². The lowest BCUT2D eigenvalue weighted by Crippen LogP contribution is -2.51. The van der Waals surface area contributed by atoms with Crippen LogP contribution in [0.15, 0.2) is 54.7 Å². The van der Waals surface area contributed by atoms with Crippen LogP contribution in [-0.2, 0) is 22.4 Å². The van der Waals surface area contributed by atoms with E-state index in [-0.39, 0.29) is 5.91 Å². The third kappa shape index (κ3) is 7.22. The van der Waals surface area contributed by atoms with Gasteiger partial charge in [0.05, 0.1) is 0 Å². The fourth-order valence-corrected chi connectivity index (χ4v) is 2.88. The first-order valence-electron chi connectivity index (χ1n) is 9.82. The Bertz CT molecular complexity index is 788. The van der Waals surface area contributed by atoms with Crippen LogP contribution in [0.4, 0.5) is 4.79 Å². The molecule has 0 N–H and O–H groups in total. The Balaban J connectivity index is 2.14. The van der Waals surface area contributed by atoms with Crippen LogP contribution in [0.25, 0.3) is 0 Å². The zero-order valence-corrected chi connectivity index (χ0v) is 18.0. The van der Waals surface area contributed by atoms with Gasteiger partial charge in [-0.15, -0.1) is 0 Å². The summed E-state index contributed by atoms with van der Waals surface area (Å²) < 4.78 is 5.48. The Labute approximate surface area is 173 Å². The molecule has 0 bridgehead atoms. The molecule has 0 aliphatic rings. The number of rotatable bonds is 7. The highest BCUT2D eigenvalue weighted by molar-refractivity contribution is 5.85. The minimum Gasteiger partial charge on any atom is -0.444 e. The van der Waals surface area contributed by atoms with Crippen molar-refractivity contribution >= 4 is 12.0 Å². The Morgan fingerprint density at radius 1 is 1.03 bits per heavy atom. The number of carbonyl (C=O) groups is 2. The molecular formula is C23H31N3O3. The summed E-state index contributed by atoms with van der Waals surface area (Å²) >= 11 is 0. The first-order chi connectivity index (χ1) is 13.7. The summed E-state index contributed by atoms with van der Waals surface area (Å²) in [5, 5.41) is 0. The molecule has 1 aromatic carbocycles. The van der Waals surface area contributed by atoms with Crippen LogP contribution in [0.5, 0.6) is 0 Å². The Morgan fingerprint density at radius 2 is 1.69 bits per heavy atom. The summed E-state index contributed by atoms with van der Waals surface area (Å²) in [6.45, 7) is 5.95. The second-order valence-electron chi connectivity index (χ2n) is 8.13. The van der Waals surface area contributed by atoms with E-state index in [0.717, 1.165) is 11.3 Å². The monoisotopic (exact) mass is 397 g/mol. The Hall–Kier alpha value is -2.89. The minimum atomic E-state index is -0.652. The van der Waals surface area contributed by atoms with Gasteiger partial charge >= 0.3 is 6.09 Å². The van der Waals surface area contributed by atoms with Crippen molar-refractivity contribution in [3.8, 4) is 0 Å². The molecule has 2 amide bonds. The maximum absolute atomic E-state index is 13.2. The van der Waals surface area contributed by atoms with Gasteiger partial charge in [-0.1, -0.05) is 36.4 Å². The van der Waals surface area contributed by atoms with Crippen molar-refractivity contribution in [2.75, 3.05) is 20.6 Å². The second-order valence-corrected chi connectivity index (χ2v) is 8.13. The number of amides is 2. The van der Waals surface area contributed by atoms with E-state index in [9.17, 15) is 9.59 Å². The van der Waals surface area contributed by atoms with Gasteiger partial charge in [-0.05, 0) is 38.5 Å². The number of carbonyl (C=O) groups excluding carboxylic acids is 2. The number of nitrogens with zero attached hydrogens (tertiary/aromatic N) is 3. The maximum Gasteiger partial charge on any atom is 0.410 e. The molecule has 29 heavy (non-hydrogen) atoms. The summed E-state index contributed by atoms with van der Waals surface area (Å²) in [5.41, 5.74) is 1.28. The van der Waals surface area contributed by atoms with Gasteiger partial charge in [0.1, 0.15) is 11.6 Å². The van der Waals surface area contributed by atoms with Crippen molar-refractivity contribution in [3.05, 3.63) is 66.0 Å². The highest BCUT2D eigenvalue weighted by Crippen LogP contribution is 2.15. The standard InChI is InChI=1S/C23H31N3O3/c1-23(2,3)29-22(28)26(5)20(17-18-11-7-6-8-12-18)21(27)25(4)16-14-19-13-9-10-15-24-19/h6-13,15,20H,14,16-17H2,1-5H3/t20-/m0/s1. The van der Waals surface area contributed by atoms with Crippen molar-refractivity contribution in [2.45, 2.75) is 45.3 Å². The predicted octanol–water partition coefficient (Wildman–Crippen LogP) is 3.56. The molecule has 0 saturated heterocycles. The minimum absolute atomic E-state index is 0.127. The zero-order chi connectivity index (χ0) is 21.4. The van der Waals surface area contributed by atoms with Gasteiger partial charge in [0.2, 0.25) is 5.91 Å². The number of ether oxygens (including phenoxy) is 1. The normalized spacial score (nSPS) is 12.2. The van der Waals surface area contributed by atoms with Crippen molar-refractivity contribution in [1.29, 1.82) is 0 Å². The predicted molar refractivity (Wildman–Crippen MR) is 114 cm³/mol. The van der Waals surface area contributed by atoms with Crippen molar-refractivity contribution in [3.63, 3.8) is 0 Å². The average molecular weight is 398 g/mol. The van der Waals surface area contributed by atoms with E-state index in [2.05, 4.69) is 4.98 Å². The third-order valence-electron chi connectivity index (χ3n) is 4.51. The van der Waals surface area contributed by atoms with Crippen LogP contribution >= 0.6 is 0 Å². The molecule has 0 radical (unpaired) electrons. The van der Waals surface area contributed by atoms with Crippen LogP contribution in [-0.4, -0.2) is 59.1 Å². The highest BCUT2D eigenvalue weighted by atomic mass is 16.6. The maximum atomic E-state index is 13.2. The van der Waals surface area contributed by atoms with Gasteiger partial charge in [-0.3, -0.25) is 14.7 Å². The fourth-order valence-electron chi connectivity index (χ4n) is 2.88. The first-order valence-corrected chi connectivity index (χ1v) is 9.82. The molecule has 6 heteroatoms. The molecule has 2 aromatic rings. The summed E-state index contributed by atoms with van der Waals surface area (Å²) in [6.07, 6.45) is 2.30. The van der Waals surface area contributed by atoms with E-state index < -0.39 is 17.7 Å². The summed E-state index contributed by atoms with van der Waals surface area (Å²) in [4.78, 5) is 33.2. The van der Waals surface area contributed by atoms with Crippen molar-refractivity contribution in [2.24, 2.45) is 0 Å². The second kappa shape index (κ2) is 10.0. The smallest absolute Gasteiger partial charge is 0.410 e. The number of hydrogen-bond donors (Lipinski definition) is 0. The quantitative estimate of drug-likeness (QED) is 0.717. The number of likely N-dealkylation sites (N-methyl/N-ethyl adjacent to an activating group) is 2.